The Morgan fingerprint density at radius 2 is 2.25 bits per heavy atom. The average molecular weight is 229 g/mol. The normalized spacial score (nSPS) is 27.3. The molecule has 1 saturated heterocycles. The van der Waals surface area contributed by atoms with Crippen molar-refractivity contribution >= 4 is 5.91 Å². The van der Waals surface area contributed by atoms with Crippen molar-refractivity contribution in [3.63, 3.8) is 0 Å². The van der Waals surface area contributed by atoms with Gasteiger partial charge in [0.1, 0.15) is 6.04 Å². The first-order valence-corrected chi connectivity index (χ1v) is 5.82. The number of hydrogen-bond acceptors (Lipinski definition) is 4. The van der Waals surface area contributed by atoms with Crippen molar-refractivity contribution in [2.75, 3.05) is 46.9 Å². The van der Waals surface area contributed by atoms with Crippen LogP contribution in [0.2, 0.25) is 0 Å². The van der Waals surface area contributed by atoms with Crippen LogP contribution in [0.4, 0.5) is 0 Å². The first kappa shape index (κ1) is 13.4. The van der Waals surface area contributed by atoms with E-state index in [-0.39, 0.29) is 12.5 Å². The zero-order chi connectivity index (χ0) is 12.1. The maximum Gasteiger partial charge on any atom is 0.242 e. The van der Waals surface area contributed by atoms with Crippen LogP contribution in [0.1, 0.15) is 6.92 Å². The topological polar surface area (TPSA) is 55.8 Å². The number of aliphatic hydroxyl groups excluding tert-OH is 1. The molecule has 1 amide bonds. The maximum atomic E-state index is 12.0. The van der Waals surface area contributed by atoms with Gasteiger partial charge in [0, 0.05) is 26.2 Å². The molecule has 1 heterocycles. The predicted molar refractivity (Wildman–Crippen MR) is 63.2 cm³/mol. The monoisotopic (exact) mass is 229 g/mol. The van der Waals surface area contributed by atoms with Gasteiger partial charge in [-0.1, -0.05) is 6.92 Å². The smallest absolute Gasteiger partial charge is 0.242 e. The lowest BCUT2D eigenvalue weighted by atomic mass is 10.2. The Morgan fingerprint density at radius 3 is 2.81 bits per heavy atom. The zero-order valence-electron chi connectivity index (χ0n) is 10.4. The van der Waals surface area contributed by atoms with Crippen LogP contribution in [0.15, 0.2) is 0 Å². The third kappa shape index (κ3) is 3.73. The molecule has 2 unspecified atom stereocenters. The van der Waals surface area contributed by atoms with E-state index in [9.17, 15) is 4.79 Å². The summed E-state index contributed by atoms with van der Waals surface area (Å²) >= 11 is 0. The minimum Gasteiger partial charge on any atom is -0.394 e. The third-order valence-electron chi connectivity index (χ3n) is 2.85. The fourth-order valence-electron chi connectivity index (χ4n) is 1.85. The van der Waals surface area contributed by atoms with Gasteiger partial charge in [-0.2, -0.15) is 0 Å². The van der Waals surface area contributed by atoms with E-state index in [1.807, 2.05) is 19.0 Å². The molecular weight excluding hydrogens is 206 g/mol. The number of carbonyl (C=O) groups is 1. The van der Waals surface area contributed by atoms with Crippen LogP contribution in [0.3, 0.4) is 0 Å². The lowest BCUT2D eigenvalue weighted by Crippen LogP contribution is -2.47. The summed E-state index contributed by atoms with van der Waals surface area (Å²) in [5.41, 5.74) is 0. The highest BCUT2D eigenvalue weighted by Crippen LogP contribution is 2.07. The molecule has 1 rings (SSSR count). The first-order valence-electron chi connectivity index (χ1n) is 5.82. The molecule has 5 nitrogen and oxygen atoms in total. The van der Waals surface area contributed by atoms with Gasteiger partial charge in [-0.05, 0) is 20.0 Å². The van der Waals surface area contributed by atoms with Gasteiger partial charge < -0.3 is 20.2 Å². The van der Waals surface area contributed by atoms with Crippen molar-refractivity contribution in [1.82, 2.24) is 15.1 Å². The molecule has 2 atom stereocenters. The molecule has 5 heteroatoms. The molecule has 0 aromatic rings. The second-order valence-electron chi connectivity index (χ2n) is 4.84. The summed E-state index contributed by atoms with van der Waals surface area (Å²) in [6, 6.07) is -0.424. The van der Waals surface area contributed by atoms with E-state index in [0.717, 1.165) is 26.2 Å². The molecule has 1 aliphatic rings. The number of rotatable bonds is 4. The lowest BCUT2D eigenvalue weighted by molar-refractivity contribution is -0.133. The molecule has 2 N–H and O–H groups in total. The zero-order valence-corrected chi connectivity index (χ0v) is 10.4. The van der Waals surface area contributed by atoms with E-state index in [2.05, 4.69) is 17.1 Å². The number of aliphatic hydroxyl groups is 1. The van der Waals surface area contributed by atoms with E-state index < -0.39 is 6.04 Å². The Balaban J connectivity index is 2.59. The lowest BCUT2D eigenvalue weighted by Gasteiger charge is -2.25. The Hall–Kier alpha value is -0.650. The number of carbonyl (C=O) groups excluding carboxylic acids is 1. The van der Waals surface area contributed by atoms with Gasteiger partial charge in [0.2, 0.25) is 5.91 Å². The third-order valence-corrected chi connectivity index (χ3v) is 2.85. The number of hydrogen-bond donors (Lipinski definition) is 2. The number of likely N-dealkylation sites (N-methyl/N-ethyl adjacent to an activating group) is 1. The van der Waals surface area contributed by atoms with Crippen molar-refractivity contribution in [2.24, 2.45) is 5.92 Å². The highest BCUT2D eigenvalue weighted by Gasteiger charge is 2.28. The second kappa shape index (κ2) is 6.18. The minimum absolute atomic E-state index is 0.0219. The molecule has 94 valence electrons. The fraction of sp³-hybridized carbons (Fsp3) is 0.909. The predicted octanol–water partition coefficient (Wildman–Crippen LogP) is -1.02. The highest BCUT2D eigenvalue weighted by atomic mass is 16.3. The summed E-state index contributed by atoms with van der Waals surface area (Å²) in [6.07, 6.45) is 0. The number of amides is 1. The van der Waals surface area contributed by atoms with Crippen LogP contribution in [0.5, 0.6) is 0 Å². The number of nitrogens with zero attached hydrogens (tertiary/aromatic N) is 2. The van der Waals surface area contributed by atoms with Crippen molar-refractivity contribution in [3.8, 4) is 0 Å². The average Bonchev–Trinajstić information content (AvgIpc) is 2.36. The molecule has 16 heavy (non-hydrogen) atoms. The van der Waals surface area contributed by atoms with Crippen LogP contribution in [0, 0.1) is 5.92 Å². The standard InChI is InChI=1S/C11H23N3O2/c1-9-6-12-10(8-15)11(16)14(7-9)5-4-13(2)3/h9-10,12,15H,4-8H2,1-3H3. The second-order valence-corrected chi connectivity index (χ2v) is 4.84. The van der Waals surface area contributed by atoms with Gasteiger partial charge in [-0.15, -0.1) is 0 Å². The SMILES string of the molecule is CC1CNC(CO)C(=O)N(CCN(C)C)C1. The van der Waals surface area contributed by atoms with Crippen LogP contribution in [-0.4, -0.2) is 73.7 Å². The van der Waals surface area contributed by atoms with Gasteiger partial charge in [0.25, 0.3) is 0 Å². The summed E-state index contributed by atoms with van der Waals surface area (Å²) in [4.78, 5) is 15.9. The molecule has 0 radical (unpaired) electrons. The van der Waals surface area contributed by atoms with E-state index in [0.29, 0.717) is 5.92 Å². The molecule has 0 spiro atoms. The van der Waals surface area contributed by atoms with Crippen LogP contribution in [0.25, 0.3) is 0 Å². The van der Waals surface area contributed by atoms with Crippen molar-refractivity contribution in [3.05, 3.63) is 0 Å². The molecule has 0 bridgehead atoms. The maximum absolute atomic E-state index is 12.0. The molecule has 1 aliphatic heterocycles. The summed E-state index contributed by atoms with van der Waals surface area (Å²) in [7, 11) is 3.99. The first-order chi connectivity index (χ1) is 7.54. The summed E-state index contributed by atoms with van der Waals surface area (Å²) in [6.45, 7) is 5.14. The minimum atomic E-state index is -0.424. The quantitative estimate of drug-likeness (QED) is 0.648. The van der Waals surface area contributed by atoms with E-state index >= 15 is 0 Å². The van der Waals surface area contributed by atoms with Gasteiger partial charge in [0.05, 0.1) is 6.61 Å². The largest absolute Gasteiger partial charge is 0.394 e. The molecule has 0 aliphatic carbocycles. The van der Waals surface area contributed by atoms with Gasteiger partial charge in [-0.3, -0.25) is 4.79 Å². The molecule has 0 aromatic carbocycles. The van der Waals surface area contributed by atoms with Crippen molar-refractivity contribution in [2.45, 2.75) is 13.0 Å². The molecular formula is C11H23N3O2. The Labute approximate surface area is 97.4 Å². The number of nitrogens with one attached hydrogen (secondary N) is 1. The Kier molecular flexibility index (Phi) is 5.18. The van der Waals surface area contributed by atoms with Crippen molar-refractivity contribution < 1.29 is 9.90 Å². The Bertz CT molecular complexity index is 233. The van der Waals surface area contributed by atoms with Crippen molar-refractivity contribution in [1.29, 1.82) is 0 Å². The van der Waals surface area contributed by atoms with Gasteiger partial charge >= 0.3 is 0 Å². The van der Waals surface area contributed by atoms with Gasteiger partial charge in [-0.25, -0.2) is 0 Å². The van der Waals surface area contributed by atoms with E-state index in [4.69, 9.17) is 5.11 Å². The summed E-state index contributed by atoms with van der Waals surface area (Å²) in [5.74, 6) is 0.455. The molecule has 1 fully saturated rings. The summed E-state index contributed by atoms with van der Waals surface area (Å²) < 4.78 is 0. The molecule has 0 aromatic heterocycles. The van der Waals surface area contributed by atoms with Crippen LogP contribution < -0.4 is 5.32 Å². The fourth-order valence-corrected chi connectivity index (χ4v) is 1.85. The van der Waals surface area contributed by atoms with Gasteiger partial charge in [0.15, 0.2) is 0 Å². The van der Waals surface area contributed by atoms with Crippen LogP contribution in [-0.2, 0) is 4.79 Å². The highest BCUT2D eigenvalue weighted by molar-refractivity contribution is 5.82. The summed E-state index contributed by atoms with van der Waals surface area (Å²) in [5, 5.41) is 12.2. The van der Waals surface area contributed by atoms with Crippen LogP contribution >= 0.6 is 0 Å². The Morgan fingerprint density at radius 1 is 1.56 bits per heavy atom. The molecule has 0 saturated carbocycles. The van der Waals surface area contributed by atoms with E-state index in [1.165, 1.54) is 0 Å². The van der Waals surface area contributed by atoms with E-state index in [1.54, 1.807) is 0 Å².